The summed E-state index contributed by atoms with van der Waals surface area (Å²) in [4.78, 5) is 4.39. The molecule has 0 saturated carbocycles. The second-order valence-corrected chi connectivity index (χ2v) is 5.12. The predicted molar refractivity (Wildman–Crippen MR) is 78.3 cm³/mol. The Balaban J connectivity index is 2.30. The Morgan fingerprint density at radius 3 is 2.78 bits per heavy atom. The number of aryl methyl sites for hydroxylation is 1. The molecule has 0 spiro atoms. The molecule has 3 rings (SSSR count). The number of pyridine rings is 1. The average Bonchev–Trinajstić information content (AvgIpc) is 2.69. The molecular weight excluding hydrogens is 290 g/mol. The normalized spacial score (nSPS) is 11.0. The number of anilines is 1. The smallest absolute Gasteiger partial charge is 0.0725 e. The van der Waals surface area contributed by atoms with Crippen LogP contribution in [0.1, 0.15) is 0 Å². The van der Waals surface area contributed by atoms with Crippen molar-refractivity contribution < 1.29 is 0 Å². The van der Waals surface area contributed by atoms with Gasteiger partial charge in [-0.2, -0.15) is 0 Å². The van der Waals surface area contributed by atoms with Gasteiger partial charge in [0.05, 0.1) is 23.1 Å². The first-order valence-corrected chi connectivity index (χ1v) is 6.41. The molecule has 0 aliphatic carbocycles. The molecule has 1 aromatic carbocycles. The Labute approximate surface area is 113 Å². The Bertz CT molecular complexity index is 714. The molecule has 4 heteroatoms. The zero-order chi connectivity index (χ0) is 12.7. The van der Waals surface area contributed by atoms with Gasteiger partial charge in [0, 0.05) is 28.7 Å². The van der Waals surface area contributed by atoms with Gasteiger partial charge in [-0.1, -0.05) is 12.1 Å². The highest BCUT2D eigenvalue weighted by Gasteiger charge is 2.11. The summed E-state index contributed by atoms with van der Waals surface area (Å²) < 4.78 is 3.19. The highest BCUT2D eigenvalue weighted by Crippen LogP contribution is 2.33. The van der Waals surface area contributed by atoms with Crippen LogP contribution in [0, 0.1) is 0 Å². The minimum Gasteiger partial charge on any atom is -0.397 e. The molecule has 2 aromatic heterocycles. The molecule has 18 heavy (non-hydrogen) atoms. The van der Waals surface area contributed by atoms with Crippen LogP contribution in [-0.2, 0) is 7.05 Å². The summed E-state index contributed by atoms with van der Waals surface area (Å²) in [5, 5.41) is 1.18. The fourth-order valence-electron chi connectivity index (χ4n) is 2.19. The first-order valence-electron chi connectivity index (χ1n) is 5.62. The highest BCUT2D eigenvalue weighted by atomic mass is 79.9. The lowest BCUT2D eigenvalue weighted by atomic mass is 10.1. The van der Waals surface area contributed by atoms with Crippen LogP contribution in [0.3, 0.4) is 0 Å². The second-order valence-electron chi connectivity index (χ2n) is 4.27. The molecule has 3 aromatic rings. The van der Waals surface area contributed by atoms with E-state index in [-0.39, 0.29) is 0 Å². The molecule has 0 atom stereocenters. The Morgan fingerprint density at radius 1 is 1.22 bits per heavy atom. The molecule has 0 bridgehead atoms. The number of nitrogens with zero attached hydrogens (tertiary/aromatic N) is 2. The fraction of sp³-hybridized carbons (Fsp3) is 0.0714. The van der Waals surface area contributed by atoms with Crippen LogP contribution in [0.15, 0.2) is 47.2 Å². The molecule has 0 unspecified atom stereocenters. The van der Waals surface area contributed by atoms with Crippen molar-refractivity contribution in [1.29, 1.82) is 0 Å². The first-order chi connectivity index (χ1) is 8.66. The van der Waals surface area contributed by atoms with E-state index in [1.807, 2.05) is 31.3 Å². The molecule has 2 N–H and O–H groups in total. The van der Waals surface area contributed by atoms with Crippen molar-refractivity contribution in [2.75, 3.05) is 5.73 Å². The van der Waals surface area contributed by atoms with E-state index in [0.717, 1.165) is 15.7 Å². The van der Waals surface area contributed by atoms with Crippen molar-refractivity contribution in [2.45, 2.75) is 0 Å². The van der Waals surface area contributed by atoms with E-state index in [0.29, 0.717) is 5.69 Å². The minimum atomic E-state index is 0.681. The molecule has 0 amide bonds. The lowest BCUT2D eigenvalue weighted by molar-refractivity contribution is 0.967. The molecule has 0 aliphatic rings. The summed E-state index contributed by atoms with van der Waals surface area (Å²) in [6, 6.07) is 10.0. The maximum Gasteiger partial charge on any atom is 0.0725 e. The van der Waals surface area contributed by atoms with Crippen LogP contribution in [0.5, 0.6) is 0 Å². The second kappa shape index (κ2) is 4.14. The van der Waals surface area contributed by atoms with Gasteiger partial charge in [-0.25, -0.2) is 0 Å². The molecule has 0 radical (unpaired) electrons. The number of fused-ring (bicyclic) bond motifs is 1. The van der Waals surface area contributed by atoms with Gasteiger partial charge in [-0.05, 0) is 34.1 Å². The van der Waals surface area contributed by atoms with Crippen LogP contribution >= 0.6 is 15.9 Å². The first kappa shape index (κ1) is 11.3. The monoisotopic (exact) mass is 301 g/mol. The molecule has 0 fully saturated rings. The van der Waals surface area contributed by atoms with E-state index >= 15 is 0 Å². The van der Waals surface area contributed by atoms with Crippen molar-refractivity contribution in [2.24, 2.45) is 7.05 Å². The van der Waals surface area contributed by atoms with Crippen molar-refractivity contribution in [1.82, 2.24) is 9.55 Å². The van der Waals surface area contributed by atoms with Gasteiger partial charge in [0.2, 0.25) is 0 Å². The van der Waals surface area contributed by atoms with E-state index in [1.54, 1.807) is 6.20 Å². The number of aromatic nitrogens is 2. The van der Waals surface area contributed by atoms with Crippen LogP contribution in [0.2, 0.25) is 0 Å². The third-order valence-electron chi connectivity index (χ3n) is 3.01. The third kappa shape index (κ3) is 1.69. The Hall–Kier alpha value is -1.81. The van der Waals surface area contributed by atoms with Gasteiger partial charge in [0.15, 0.2) is 0 Å². The molecule has 2 heterocycles. The van der Waals surface area contributed by atoms with Crippen LogP contribution in [0.4, 0.5) is 5.69 Å². The lowest BCUT2D eigenvalue weighted by Crippen LogP contribution is -1.87. The summed E-state index contributed by atoms with van der Waals surface area (Å²) >= 11 is 3.58. The summed E-state index contributed by atoms with van der Waals surface area (Å²) in [7, 11) is 2.04. The number of benzene rings is 1. The lowest BCUT2D eigenvalue weighted by Gasteiger charge is -2.00. The van der Waals surface area contributed by atoms with Gasteiger partial charge in [0.1, 0.15) is 0 Å². The molecule has 0 saturated heterocycles. The quantitative estimate of drug-likeness (QED) is 0.746. The zero-order valence-electron chi connectivity index (χ0n) is 9.89. The van der Waals surface area contributed by atoms with Crippen LogP contribution in [-0.4, -0.2) is 9.55 Å². The Kier molecular flexibility index (Phi) is 2.59. The third-order valence-corrected chi connectivity index (χ3v) is 3.65. The van der Waals surface area contributed by atoms with E-state index < -0.39 is 0 Å². The number of para-hydroxylation sites is 1. The molecular formula is C14H12BrN3. The fourth-order valence-corrected chi connectivity index (χ4v) is 2.83. The van der Waals surface area contributed by atoms with E-state index in [9.17, 15) is 0 Å². The van der Waals surface area contributed by atoms with Gasteiger partial charge in [0.25, 0.3) is 0 Å². The summed E-state index contributed by atoms with van der Waals surface area (Å²) in [5.74, 6) is 0. The van der Waals surface area contributed by atoms with Crippen molar-refractivity contribution in [3.8, 4) is 11.3 Å². The topological polar surface area (TPSA) is 43.8 Å². The number of hydrogen-bond donors (Lipinski definition) is 1. The van der Waals surface area contributed by atoms with Gasteiger partial charge in [-0.3, -0.25) is 4.98 Å². The van der Waals surface area contributed by atoms with E-state index in [4.69, 9.17) is 5.73 Å². The predicted octanol–water partition coefficient (Wildman–Crippen LogP) is 3.59. The molecule has 0 aliphatic heterocycles. The highest BCUT2D eigenvalue weighted by molar-refractivity contribution is 9.10. The minimum absolute atomic E-state index is 0.681. The number of hydrogen-bond acceptors (Lipinski definition) is 2. The van der Waals surface area contributed by atoms with Crippen molar-refractivity contribution in [3.63, 3.8) is 0 Å². The maximum absolute atomic E-state index is 5.67. The molecule has 3 nitrogen and oxygen atoms in total. The maximum atomic E-state index is 5.67. The van der Waals surface area contributed by atoms with Gasteiger partial charge < -0.3 is 10.3 Å². The number of nitrogens with two attached hydrogens (primary N) is 1. The average molecular weight is 302 g/mol. The Morgan fingerprint density at radius 2 is 2.06 bits per heavy atom. The molecule has 90 valence electrons. The summed E-state index contributed by atoms with van der Waals surface area (Å²) in [6.45, 7) is 0. The van der Waals surface area contributed by atoms with Gasteiger partial charge >= 0.3 is 0 Å². The van der Waals surface area contributed by atoms with E-state index in [1.165, 1.54) is 10.9 Å². The van der Waals surface area contributed by atoms with Crippen LogP contribution < -0.4 is 5.73 Å². The van der Waals surface area contributed by atoms with Gasteiger partial charge in [-0.15, -0.1) is 0 Å². The standard InChI is InChI=1S/C14H12BrN3/c1-18-8-11(13-6-5-9(16)7-17-13)10-3-2-4-12(15)14(10)18/h2-8H,16H2,1H3. The number of halogens is 1. The number of rotatable bonds is 1. The summed E-state index contributed by atoms with van der Waals surface area (Å²) in [5.41, 5.74) is 9.58. The summed E-state index contributed by atoms with van der Waals surface area (Å²) in [6.07, 6.45) is 3.78. The largest absolute Gasteiger partial charge is 0.397 e. The zero-order valence-corrected chi connectivity index (χ0v) is 11.5. The van der Waals surface area contributed by atoms with Crippen molar-refractivity contribution in [3.05, 3.63) is 47.2 Å². The van der Waals surface area contributed by atoms with Crippen LogP contribution in [0.25, 0.3) is 22.2 Å². The van der Waals surface area contributed by atoms with E-state index in [2.05, 4.69) is 37.7 Å². The number of nitrogen functional groups attached to an aromatic ring is 1. The van der Waals surface area contributed by atoms with Crippen molar-refractivity contribution >= 4 is 32.5 Å². The SMILES string of the molecule is Cn1cc(-c2ccc(N)cn2)c2cccc(Br)c21.